The normalized spacial score (nSPS) is 28.9. The Kier molecular flexibility index (Phi) is 9.65. The zero-order valence-corrected chi connectivity index (χ0v) is 26.8. The van der Waals surface area contributed by atoms with Crippen LogP contribution in [-0.4, -0.2) is 82.2 Å². The summed E-state index contributed by atoms with van der Waals surface area (Å²) in [6.07, 6.45) is 5.91. The number of aliphatic hydroxyl groups is 1. The van der Waals surface area contributed by atoms with E-state index < -0.39 is 35.1 Å². The van der Waals surface area contributed by atoms with Gasteiger partial charge in [0.15, 0.2) is 0 Å². The van der Waals surface area contributed by atoms with Crippen LogP contribution in [0.4, 0.5) is 5.69 Å². The van der Waals surface area contributed by atoms with Crippen LogP contribution in [0.5, 0.6) is 0 Å². The summed E-state index contributed by atoms with van der Waals surface area (Å²) in [6, 6.07) is 17.4. The molecule has 3 amide bonds. The number of carbonyl (C=O) groups excluding carboxylic acids is 3. The molecule has 1 spiro atoms. The van der Waals surface area contributed by atoms with E-state index >= 15 is 0 Å². The number of carbonyl (C=O) groups is 3. The SMILES string of the molecule is C=CCN(CCCC)C(=O)C1N([C@@H](CO)Cc2ccccc2)C(=O)[C@@H]2[C@H](C(=O)N(CC=C)c3ccccc3)[C@@]3(C)OC12CC3C. The highest BCUT2D eigenvalue weighted by Gasteiger charge is 2.80. The molecule has 2 aromatic carbocycles. The summed E-state index contributed by atoms with van der Waals surface area (Å²) in [5.74, 6) is -2.55. The summed E-state index contributed by atoms with van der Waals surface area (Å²) in [5.41, 5.74) is -0.524. The number of hydrogen-bond acceptors (Lipinski definition) is 5. The van der Waals surface area contributed by atoms with Crippen LogP contribution in [0.2, 0.25) is 0 Å². The van der Waals surface area contributed by atoms with Gasteiger partial charge in [-0.15, -0.1) is 13.2 Å². The summed E-state index contributed by atoms with van der Waals surface area (Å²) < 4.78 is 7.00. The Morgan fingerprint density at radius 3 is 2.31 bits per heavy atom. The van der Waals surface area contributed by atoms with E-state index in [2.05, 4.69) is 20.1 Å². The Bertz CT molecular complexity index is 1400. The van der Waals surface area contributed by atoms with Crippen LogP contribution in [-0.2, 0) is 25.5 Å². The predicted molar refractivity (Wildman–Crippen MR) is 175 cm³/mol. The van der Waals surface area contributed by atoms with Crippen LogP contribution in [0.3, 0.4) is 0 Å². The Balaban J connectivity index is 1.64. The Morgan fingerprint density at radius 1 is 1.07 bits per heavy atom. The van der Waals surface area contributed by atoms with Gasteiger partial charge in [-0.1, -0.05) is 81.0 Å². The highest BCUT2D eigenvalue weighted by molar-refractivity contribution is 6.03. The van der Waals surface area contributed by atoms with Gasteiger partial charge in [0.2, 0.25) is 17.7 Å². The number of benzene rings is 2. The first-order valence-corrected chi connectivity index (χ1v) is 16.2. The van der Waals surface area contributed by atoms with Gasteiger partial charge in [-0.3, -0.25) is 14.4 Å². The molecule has 45 heavy (non-hydrogen) atoms. The molecule has 0 saturated carbocycles. The summed E-state index contributed by atoms with van der Waals surface area (Å²) in [5, 5.41) is 10.8. The van der Waals surface area contributed by atoms with Crippen molar-refractivity contribution >= 4 is 23.4 Å². The lowest BCUT2D eigenvalue weighted by Crippen LogP contribution is -2.59. The maximum atomic E-state index is 14.9. The summed E-state index contributed by atoms with van der Waals surface area (Å²) in [4.78, 5) is 49.4. The number of hydrogen-bond donors (Lipinski definition) is 1. The minimum Gasteiger partial charge on any atom is -0.394 e. The van der Waals surface area contributed by atoms with Crippen LogP contribution < -0.4 is 4.90 Å². The molecule has 0 aliphatic carbocycles. The number of aliphatic hydroxyl groups excluding tert-OH is 1. The average Bonchev–Trinajstić information content (AvgIpc) is 3.57. The predicted octanol–water partition coefficient (Wildman–Crippen LogP) is 4.63. The third kappa shape index (κ3) is 5.52. The van der Waals surface area contributed by atoms with Crippen LogP contribution in [0.1, 0.15) is 45.6 Å². The molecule has 240 valence electrons. The Labute approximate surface area is 267 Å². The molecule has 3 fully saturated rings. The molecule has 2 aromatic rings. The number of anilines is 1. The van der Waals surface area contributed by atoms with Gasteiger partial charge in [-0.2, -0.15) is 0 Å². The van der Waals surface area contributed by atoms with E-state index in [1.54, 1.807) is 26.9 Å². The number of likely N-dealkylation sites (tertiary alicyclic amines) is 1. The molecule has 3 aliphatic rings. The fourth-order valence-electron chi connectivity index (χ4n) is 8.06. The average molecular weight is 614 g/mol. The number of para-hydroxylation sites is 1. The molecule has 3 unspecified atom stereocenters. The van der Waals surface area contributed by atoms with Gasteiger partial charge in [-0.25, -0.2) is 0 Å². The minimum atomic E-state index is -1.21. The number of nitrogens with zero attached hydrogens (tertiary/aromatic N) is 3. The summed E-state index contributed by atoms with van der Waals surface area (Å²) in [7, 11) is 0. The van der Waals surface area contributed by atoms with Crippen molar-refractivity contribution in [2.45, 2.75) is 69.7 Å². The second-order valence-electron chi connectivity index (χ2n) is 13.0. The van der Waals surface area contributed by atoms with E-state index in [0.29, 0.717) is 31.6 Å². The number of unbranched alkanes of at least 4 members (excludes halogenated alkanes) is 1. The van der Waals surface area contributed by atoms with Gasteiger partial charge in [0, 0.05) is 25.3 Å². The van der Waals surface area contributed by atoms with Crippen molar-refractivity contribution in [3.05, 3.63) is 91.5 Å². The van der Waals surface area contributed by atoms with Gasteiger partial charge in [0.25, 0.3) is 0 Å². The number of rotatable bonds is 14. The molecule has 3 saturated heterocycles. The quantitative estimate of drug-likeness (QED) is 0.314. The van der Waals surface area contributed by atoms with E-state index in [1.807, 2.05) is 74.5 Å². The highest BCUT2D eigenvalue weighted by Crippen LogP contribution is 2.66. The van der Waals surface area contributed by atoms with E-state index in [0.717, 1.165) is 18.4 Å². The Morgan fingerprint density at radius 2 is 1.71 bits per heavy atom. The van der Waals surface area contributed by atoms with Crippen molar-refractivity contribution in [3.8, 4) is 0 Å². The van der Waals surface area contributed by atoms with Gasteiger partial charge in [-0.05, 0) is 49.8 Å². The number of fused-ring (bicyclic) bond motifs is 1. The lowest BCUT2D eigenvalue weighted by atomic mass is 9.62. The van der Waals surface area contributed by atoms with Gasteiger partial charge >= 0.3 is 0 Å². The highest BCUT2D eigenvalue weighted by atomic mass is 16.5. The molecular weight excluding hydrogens is 566 g/mol. The molecule has 3 heterocycles. The van der Waals surface area contributed by atoms with Crippen molar-refractivity contribution in [3.63, 3.8) is 0 Å². The third-order valence-corrected chi connectivity index (χ3v) is 10.3. The number of ether oxygens (including phenoxy) is 1. The molecule has 5 rings (SSSR count). The molecule has 8 nitrogen and oxygen atoms in total. The van der Waals surface area contributed by atoms with Gasteiger partial charge in [0.05, 0.1) is 30.1 Å². The molecule has 3 aliphatic heterocycles. The summed E-state index contributed by atoms with van der Waals surface area (Å²) >= 11 is 0. The third-order valence-electron chi connectivity index (χ3n) is 10.3. The lowest BCUT2D eigenvalue weighted by molar-refractivity contribution is -0.155. The first-order chi connectivity index (χ1) is 21.7. The van der Waals surface area contributed by atoms with Gasteiger partial charge in [0.1, 0.15) is 11.6 Å². The van der Waals surface area contributed by atoms with E-state index in [1.165, 1.54) is 0 Å². The van der Waals surface area contributed by atoms with Crippen molar-refractivity contribution in [1.29, 1.82) is 0 Å². The van der Waals surface area contributed by atoms with Crippen molar-refractivity contribution in [1.82, 2.24) is 9.80 Å². The second kappa shape index (κ2) is 13.3. The Hall–Kier alpha value is -3.75. The smallest absolute Gasteiger partial charge is 0.248 e. The van der Waals surface area contributed by atoms with Crippen LogP contribution in [0, 0.1) is 17.8 Å². The van der Waals surface area contributed by atoms with Crippen molar-refractivity contribution < 1.29 is 24.2 Å². The fourth-order valence-corrected chi connectivity index (χ4v) is 8.06. The van der Waals surface area contributed by atoms with E-state index in [-0.39, 0.29) is 36.8 Å². The largest absolute Gasteiger partial charge is 0.394 e. The van der Waals surface area contributed by atoms with Crippen LogP contribution in [0.15, 0.2) is 86.0 Å². The number of amides is 3. The molecule has 0 aromatic heterocycles. The standard InChI is InChI=1S/C37H47N3O5/c1-6-9-22-38(20-7-2)35(44)32-37-24-26(4)36(5,45-37)30(33(42)39(21-8-3)28-18-14-11-15-19-28)31(37)34(43)40(32)29(25-41)23-27-16-12-10-13-17-27/h7-8,10-19,26,29-32,41H,2-3,6,9,20-25H2,1,4-5H3/t26?,29-,30-,31+,32?,36+,37?/m1/s1. The molecule has 1 N–H and O–H groups in total. The van der Waals surface area contributed by atoms with Crippen molar-refractivity contribution in [2.24, 2.45) is 17.8 Å². The zero-order valence-electron chi connectivity index (χ0n) is 26.8. The first-order valence-electron chi connectivity index (χ1n) is 16.2. The molecule has 0 radical (unpaired) electrons. The monoisotopic (exact) mass is 613 g/mol. The van der Waals surface area contributed by atoms with Crippen LogP contribution >= 0.6 is 0 Å². The molecule has 2 bridgehead atoms. The molecule has 8 heteroatoms. The first kappa shape index (κ1) is 32.6. The fraction of sp³-hybridized carbons (Fsp3) is 0.486. The van der Waals surface area contributed by atoms with Crippen LogP contribution in [0.25, 0.3) is 0 Å². The lowest BCUT2D eigenvalue weighted by Gasteiger charge is -2.39. The maximum absolute atomic E-state index is 14.9. The topological polar surface area (TPSA) is 90.4 Å². The van der Waals surface area contributed by atoms with Gasteiger partial charge < -0.3 is 24.5 Å². The van der Waals surface area contributed by atoms with E-state index in [9.17, 15) is 19.5 Å². The molecular formula is C37H47N3O5. The minimum absolute atomic E-state index is 0.0997. The maximum Gasteiger partial charge on any atom is 0.248 e. The van der Waals surface area contributed by atoms with Crippen molar-refractivity contribution in [2.75, 3.05) is 31.1 Å². The van der Waals surface area contributed by atoms with E-state index in [4.69, 9.17) is 4.74 Å². The zero-order chi connectivity index (χ0) is 32.4. The molecule has 7 atom stereocenters. The summed E-state index contributed by atoms with van der Waals surface area (Å²) in [6.45, 7) is 14.6. The second-order valence-corrected chi connectivity index (χ2v) is 13.0.